The molecule has 2 aromatic carbocycles. The number of rotatable bonds is 2. The zero-order valence-electron chi connectivity index (χ0n) is 10.3. The Balaban J connectivity index is 2.17. The van der Waals surface area contributed by atoms with Gasteiger partial charge in [-0.2, -0.15) is 0 Å². The molecular formula is C15H10BrFN2S. The molecule has 100 valence electrons. The van der Waals surface area contributed by atoms with Crippen molar-refractivity contribution in [1.82, 2.24) is 4.98 Å². The Morgan fingerprint density at radius 2 is 1.95 bits per heavy atom. The Labute approximate surface area is 128 Å². The Bertz CT molecular complexity index is 787. The molecule has 0 bridgehead atoms. The third-order valence-electron chi connectivity index (χ3n) is 2.86. The first-order valence-electron chi connectivity index (χ1n) is 5.91. The van der Waals surface area contributed by atoms with Gasteiger partial charge in [-0.1, -0.05) is 39.8 Å². The fraction of sp³-hybridized carbons (Fsp3) is 0. The predicted octanol–water partition coefficient (Wildman–Crippen LogP) is 4.87. The van der Waals surface area contributed by atoms with Gasteiger partial charge in [0.2, 0.25) is 0 Å². The number of hydrogen-bond donors (Lipinski definition) is 1. The van der Waals surface area contributed by atoms with Crippen molar-refractivity contribution in [2.24, 2.45) is 0 Å². The molecule has 0 aliphatic heterocycles. The van der Waals surface area contributed by atoms with E-state index in [9.17, 15) is 4.39 Å². The topological polar surface area (TPSA) is 38.9 Å². The van der Waals surface area contributed by atoms with Crippen molar-refractivity contribution >= 4 is 44.3 Å². The van der Waals surface area contributed by atoms with Gasteiger partial charge in [-0.3, -0.25) is 4.98 Å². The van der Waals surface area contributed by atoms with Crippen molar-refractivity contribution < 1.29 is 4.39 Å². The smallest absolute Gasteiger partial charge is 0.137 e. The molecule has 0 saturated heterocycles. The first kappa shape index (κ1) is 13.4. The van der Waals surface area contributed by atoms with Crippen LogP contribution in [0.1, 0.15) is 0 Å². The summed E-state index contributed by atoms with van der Waals surface area (Å²) in [6, 6.07) is 12.4. The van der Waals surface area contributed by atoms with Gasteiger partial charge in [0.25, 0.3) is 0 Å². The third-order valence-corrected chi connectivity index (χ3v) is 4.56. The second-order valence-corrected chi connectivity index (χ2v) is 6.20. The molecule has 0 spiro atoms. The van der Waals surface area contributed by atoms with Crippen LogP contribution in [0, 0.1) is 5.82 Å². The second-order valence-electron chi connectivity index (χ2n) is 4.24. The first-order chi connectivity index (χ1) is 9.65. The minimum atomic E-state index is -0.253. The van der Waals surface area contributed by atoms with Gasteiger partial charge in [0.1, 0.15) is 5.82 Å². The van der Waals surface area contributed by atoms with Gasteiger partial charge in [0.05, 0.1) is 17.4 Å². The largest absolute Gasteiger partial charge is 0.397 e. The van der Waals surface area contributed by atoms with Crippen LogP contribution in [0.25, 0.3) is 10.9 Å². The van der Waals surface area contributed by atoms with Crippen LogP contribution in [0.4, 0.5) is 10.1 Å². The van der Waals surface area contributed by atoms with E-state index in [-0.39, 0.29) is 5.82 Å². The van der Waals surface area contributed by atoms with Crippen molar-refractivity contribution in [3.8, 4) is 0 Å². The molecule has 2 N–H and O–H groups in total. The number of nitrogens with two attached hydrogens (primary N) is 1. The van der Waals surface area contributed by atoms with E-state index in [4.69, 9.17) is 5.73 Å². The lowest BCUT2D eigenvalue weighted by Crippen LogP contribution is -1.93. The van der Waals surface area contributed by atoms with Crippen molar-refractivity contribution in [3.05, 3.63) is 59.0 Å². The van der Waals surface area contributed by atoms with Crippen LogP contribution in [-0.4, -0.2) is 4.98 Å². The molecule has 1 heterocycles. The van der Waals surface area contributed by atoms with Gasteiger partial charge in [-0.05, 0) is 30.3 Å². The van der Waals surface area contributed by atoms with Crippen molar-refractivity contribution in [3.63, 3.8) is 0 Å². The van der Waals surface area contributed by atoms with E-state index in [2.05, 4.69) is 20.9 Å². The maximum absolute atomic E-state index is 13.8. The van der Waals surface area contributed by atoms with Gasteiger partial charge < -0.3 is 5.73 Å². The van der Waals surface area contributed by atoms with Crippen LogP contribution in [0.3, 0.4) is 0 Å². The number of pyridine rings is 1. The predicted molar refractivity (Wildman–Crippen MR) is 84.4 cm³/mol. The number of fused-ring (bicyclic) bond motifs is 1. The lowest BCUT2D eigenvalue weighted by atomic mass is 10.2. The van der Waals surface area contributed by atoms with Crippen LogP contribution in [0.5, 0.6) is 0 Å². The van der Waals surface area contributed by atoms with Gasteiger partial charge >= 0.3 is 0 Å². The lowest BCUT2D eigenvalue weighted by Gasteiger charge is -2.10. The summed E-state index contributed by atoms with van der Waals surface area (Å²) >= 11 is 4.76. The van der Waals surface area contributed by atoms with E-state index < -0.39 is 0 Å². The molecule has 0 unspecified atom stereocenters. The average molecular weight is 349 g/mol. The van der Waals surface area contributed by atoms with Crippen LogP contribution in [0.15, 0.2) is 62.9 Å². The number of aromatic nitrogens is 1. The van der Waals surface area contributed by atoms with Crippen LogP contribution >= 0.6 is 27.7 Å². The molecular weight excluding hydrogens is 339 g/mol. The number of hydrogen-bond acceptors (Lipinski definition) is 3. The fourth-order valence-electron chi connectivity index (χ4n) is 1.91. The molecule has 0 aliphatic rings. The van der Waals surface area contributed by atoms with Gasteiger partial charge in [-0.15, -0.1) is 0 Å². The summed E-state index contributed by atoms with van der Waals surface area (Å²) < 4.78 is 14.7. The molecule has 0 fully saturated rings. The number of benzene rings is 2. The molecule has 5 heteroatoms. The summed E-state index contributed by atoms with van der Waals surface area (Å²) in [5, 5.41) is 0.910. The minimum absolute atomic E-state index is 0.253. The molecule has 1 aromatic heterocycles. The van der Waals surface area contributed by atoms with Crippen molar-refractivity contribution in [2.45, 2.75) is 9.79 Å². The molecule has 0 amide bonds. The molecule has 20 heavy (non-hydrogen) atoms. The fourth-order valence-corrected chi connectivity index (χ4v) is 3.24. The summed E-state index contributed by atoms with van der Waals surface area (Å²) in [5.74, 6) is -0.253. The van der Waals surface area contributed by atoms with Crippen LogP contribution < -0.4 is 5.73 Å². The normalized spacial score (nSPS) is 10.9. The standard InChI is InChI=1S/C15H10BrFN2S/c16-9-5-6-13-10(7-9)15(12(18)8-19-13)20-14-4-2-1-3-11(14)17/h1-8H,18H2. The Kier molecular flexibility index (Phi) is 3.63. The van der Waals surface area contributed by atoms with Crippen molar-refractivity contribution in [2.75, 3.05) is 5.73 Å². The summed E-state index contributed by atoms with van der Waals surface area (Å²) in [7, 11) is 0. The summed E-state index contributed by atoms with van der Waals surface area (Å²) in [6.07, 6.45) is 1.61. The van der Waals surface area contributed by atoms with Gasteiger partial charge in [0.15, 0.2) is 0 Å². The van der Waals surface area contributed by atoms with E-state index in [0.717, 1.165) is 20.3 Å². The molecule has 3 rings (SSSR count). The molecule has 3 aromatic rings. The average Bonchev–Trinajstić information content (AvgIpc) is 2.44. The SMILES string of the molecule is Nc1cnc2ccc(Br)cc2c1Sc1ccccc1F. The molecule has 0 saturated carbocycles. The zero-order chi connectivity index (χ0) is 14.1. The monoisotopic (exact) mass is 348 g/mol. The minimum Gasteiger partial charge on any atom is -0.397 e. The van der Waals surface area contributed by atoms with Gasteiger partial charge in [0, 0.05) is 19.6 Å². The maximum atomic E-state index is 13.8. The third kappa shape index (κ3) is 2.51. The summed E-state index contributed by atoms with van der Waals surface area (Å²) in [6.45, 7) is 0. The summed E-state index contributed by atoms with van der Waals surface area (Å²) in [4.78, 5) is 5.66. The van der Waals surface area contributed by atoms with E-state index in [1.165, 1.54) is 17.8 Å². The summed E-state index contributed by atoms with van der Waals surface area (Å²) in [5.41, 5.74) is 7.39. The lowest BCUT2D eigenvalue weighted by molar-refractivity contribution is 0.602. The number of halogens is 2. The second kappa shape index (κ2) is 5.42. The highest BCUT2D eigenvalue weighted by Gasteiger charge is 2.11. The molecule has 0 aliphatic carbocycles. The van der Waals surface area contributed by atoms with Crippen molar-refractivity contribution in [1.29, 1.82) is 0 Å². The number of nitrogens with zero attached hydrogens (tertiary/aromatic N) is 1. The highest BCUT2D eigenvalue weighted by Crippen LogP contribution is 2.38. The Morgan fingerprint density at radius 1 is 1.15 bits per heavy atom. The highest BCUT2D eigenvalue weighted by atomic mass is 79.9. The molecule has 0 radical (unpaired) electrons. The van der Waals surface area contributed by atoms with Crippen LogP contribution in [0.2, 0.25) is 0 Å². The highest BCUT2D eigenvalue weighted by molar-refractivity contribution is 9.10. The van der Waals surface area contributed by atoms with E-state index >= 15 is 0 Å². The van der Waals surface area contributed by atoms with E-state index in [1.807, 2.05) is 18.2 Å². The number of nitrogen functional groups attached to an aromatic ring is 1. The Hall–Kier alpha value is -1.59. The quantitative estimate of drug-likeness (QED) is 0.717. The first-order valence-corrected chi connectivity index (χ1v) is 7.52. The van der Waals surface area contributed by atoms with E-state index in [1.54, 1.807) is 24.4 Å². The molecule has 2 nitrogen and oxygen atoms in total. The maximum Gasteiger partial charge on any atom is 0.137 e. The van der Waals surface area contributed by atoms with Crippen LogP contribution in [-0.2, 0) is 0 Å². The number of anilines is 1. The molecule has 0 atom stereocenters. The Morgan fingerprint density at radius 3 is 2.75 bits per heavy atom. The zero-order valence-corrected chi connectivity index (χ0v) is 12.7. The van der Waals surface area contributed by atoms with E-state index in [0.29, 0.717) is 10.6 Å². The van der Waals surface area contributed by atoms with Gasteiger partial charge in [-0.25, -0.2) is 4.39 Å².